The number of anilines is 3. The summed E-state index contributed by atoms with van der Waals surface area (Å²) in [6.07, 6.45) is 6.08. The molecule has 0 radical (unpaired) electrons. The molecular formula is C31H35BrN6O4. The quantitative estimate of drug-likeness (QED) is 0.360. The van der Waals surface area contributed by atoms with Gasteiger partial charge in [-0.25, -0.2) is 0 Å². The van der Waals surface area contributed by atoms with Crippen LogP contribution in [0.25, 0.3) is 0 Å². The van der Waals surface area contributed by atoms with E-state index in [9.17, 15) is 20.1 Å². The summed E-state index contributed by atoms with van der Waals surface area (Å²) < 4.78 is 10.5. The number of quaternary nitrogens is 1. The van der Waals surface area contributed by atoms with Crippen LogP contribution < -0.4 is 36.6 Å². The Hall–Kier alpha value is -4.32. The van der Waals surface area contributed by atoms with Crippen molar-refractivity contribution in [3.8, 4) is 12.1 Å². The van der Waals surface area contributed by atoms with Crippen LogP contribution in [0, 0.1) is 22.7 Å². The Balaban J connectivity index is 0.00000484. The van der Waals surface area contributed by atoms with E-state index in [1.54, 1.807) is 6.07 Å². The summed E-state index contributed by atoms with van der Waals surface area (Å²) in [6.45, 7) is 9.83. The van der Waals surface area contributed by atoms with Gasteiger partial charge in [0.2, 0.25) is 0 Å². The number of hydrogen-bond donors (Lipinski definition) is 1. The van der Waals surface area contributed by atoms with Gasteiger partial charge in [0.25, 0.3) is 0 Å². The molecule has 2 aliphatic heterocycles. The lowest BCUT2D eigenvalue weighted by Gasteiger charge is -2.26. The van der Waals surface area contributed by atoms with E-state index in [0.717, 1.165) is 35.1 Å². The summed E-state index contributed by atoms with van der Waals surface area (Å²) in [7, 11) is 0. The van der Waals surface area contributed by atoms with Crippen LogP contribution in [-0.4, -0.2) is 57.5 Å². The fourth-order valence-corrected chi connectivity index (χ4v) is 5.48. The number of carbonyl (C=O) groups is 2. The molecule has 0 saturated heterocycles. The molecule has 0 aromatic heterocycles. The van der Waals surface area contributed by atoms with Gasteiger partial charge in [-0.3, -0.25) is 14.5 Å². The normalized spacial score (nSPS) is 17.9. The molecule has 0 bridgehead atoms. The van der Waals surface area contributed by atoms with Gasteiger partial charge < -0.3 is 41.2 Å². The van der Waals surface area contributed by atoms with Crippen molar-refractivity contribution in [2.75, 3.05) is 54.1 Å². The smallest absolute Gasteiger partial charge is 0.302 e. The lowest BCUT2D eigenvalue weighted by atomic mass is 10.2. The second kappa shape index (κ2) is 14.5. The molecule has 11 heteroatoms. The van der Waals surface area contributed by atoms with E-state index in [1.807, 2.05) is 42.5 Å². The predicted octanol–water partition coefficient (Wildman–Crippen LogP) is -0.0133. The van der Waals surface area contributed by atoms with Gasteiger partial charge >= 0.3 is 11.9 Å². The van der Waals surface area contributed by atoms with E-state index in [-0.39, 0.29) is 48.3 Å². The van der Waals surface area contributed by atoms with Crippen LogP contribution in [-0.2, 0) is 19.1 Å². The van der Waals surface area contributed by atoms with Gasteiger partial charge in [0.15, 0.2) is 11.9 Å². The van der Waals surface area contributed by atoms with Gasteiger partial charge in [0.1, 0.15) is 24.7 Å². The third-order valence-electron chi connectivity index (χ3n) is 7.21. The van der Waals surface area contributed by atoms with Crippen molar-refractivity contribution in [2.24, 2.45) is 0 Å². The highest BCUT2D eigenvalue weighted by atomic mass is 79.9. The standard InChI is InChI=1S/C31H34N6O4.BrH/c1-5-34-26-12-10-24(20-32)18-28(26)36(14-16-40-22(3)38)30(34)8-7-9-31-35(6-2)27-13-11-25(21-33)19-29(27)37(31)15-17-41-23(4)39;/h7-13,18-19,30H,5-6,14-17H2,1-4H3;1H. The Morgan fingerprint density at radius 2 is 1.52 bits per heavy atom. The number of ether oxygens (including phenoxy) is 2. The van der Waals surface area contributed by atoms with Crippen molar-refractivity contribution in [2.45, 2.75) is 33.9 Å². The molecule has 2 aliphatic rings. The van der Waals surface area contributed by atoms with Gasteiger partial charge in [-0.1, -0.05) is 6.08 Å². The zero-order valence-corrected chi connectivity index (χ0v) is 25.8. The molecule has 2 aromatic rings. The minimum Gasteiger partial charge on any atom is -1.00 e. The first kappa shape index (κ1) is 32.2. The third kappa shape index (κ3) is 6.76. The Labute approximate surface area is 257 Å². The molecule has 2 unspecified atom stereocenters. The number of rotatable bonds is 10. The molecule has 0 saturated carbocycles. The maximum absolute atomic E-state index is 11.5. The highest BCUT2D eigenvalue weighted by molar-refractivity contribution is 5.84. The molecule has 2 aromatic carbocycles. The summed E-state index contributed by atoms with van der Waals surface area (Å²) in [5.74, 6) is 0.234. The number of nitrogens with zero attached hydrogens (tertiary/aromatic N) is 5. The molecule has 4 rings (SSSR count). The van der Waals surface area contributed by atoms with Crippen LogP contribution >= 0.6 is 0 Å². The number of fused-ring (bicyclic) bond motifs is 2. The van der Waals surface area contributed by atoms with E-state index in [4.69, 9.17) is 9.47 Å². The highest BCUT2D eigenvalue weighted by Crippen LogP contribution is 2.42. The number of allylic oxidation sites excluding steroid dienone is 2. The Bertz CT molecular complexity index is 1460. The zero-order valence-electron chi connectivity index (χ0n) is 24.3. The lowest BCUT2D eigenvalue weighted by Crippen LogP contribution is -3.10. The minimum absolute atomic E-state index is 0. The van der Waals surface area contributed by atoms with E-state index in [2.05, 4.69) is 46.8 Å². The Kier molecular flexibility index (Phi) is 11.1. The molecule has 1 N–H and O–H groups in total. The van der Waals surface area contributed by atoms with Crippen molar-refractivity contribution >= 4 is 34.7 Å². The Morgan fingerprint density at radius 3 is 2.12 bits per heavy atom. The second-order valence-electron chi connectivity index (χ2n) is 9.66. The van der Waals surface area contributed by atoms with Crippen LogP contribution in [0.5, 0.6) is 0 Å². The van der Waals surface area contributed by atoms with Gasteiger partial charge in [0, 0.05) is 26.5 Å². The number of halogens is 1. The molecule has 220 valence electrons. The van der Waals surface area contributed by atoms with Gasteiger partial charge in [0.05, 0.1) is 54.3 Å². The molecule has 10 nitrogen and oxygen atoms in total. The summed E-state index contributed by atoms with van der Waals surface area (Å²) in [6, 6.07) is 15.8. The molecule has 2 heterocycles. The van der Waals surface area contributed by atoms with Crippen LogP contribution in [0.3, 0.4) is 0 Å². The first-order valence-electron chi connectivity index (χ1n) is 13.7. The number of nitriles is 2. The first-order chi connectivity index (χ1) is 19.8. The van der Waals surface area contributed by atoms with Crippen molar-refractivity contribution in [3.63, 3.8) is 0 Å². The summed E-state index contributed by atoms with van der Waals surface area (Å²) in [4.78, 5) is 30.5. The fourth-order valence-electron chi connectivity index (χ4n) is 5.48. The van der Waals surface area contributed by atoms with Gasteiger partial charge in [-0.05, 0) is 56.3 Å². The minimum atomic E-state index is -0.343. The third-order valence-corrected chi connectivity index (χ3v) is 7.21. The summed E-state index contributed by atoms with van der Waals surface area (Å²) >= 11 is 0. The number of likely N-dealkylation sites (N-methyl/N-ethyl adjacent to an activating group) is 1. The lowest BCUT2D eigenvalue weighted by molar-refractivity contribution is -0.843. The number of hydrogen-bond acceptors (Lipinski definition) is 9. The van der Waals surface area contributed by atoms with Crippen molar-refractivity contribution in [1.29, 1.82) is 10.5 Å². The van der Waals surface area contributed by atoms with Crippen molar-refractivity contribution < 1.29 is 40.9 Å². The molecule has 0 fully saturated rings. The maximum atomic E-state index is 11.5. The average molecular weight is 636 g/mol. The van der Waals surface area contributed by atoms with Crippen LogP contribution in [0.1, 0.15) is 38.8 Å². The molecule has 42 heavy (non-hydrogen) atoms. The summed E-state index contributed by atoms with van der Waals surface area (Å²) in [5.41, 5.74) is 5.04. The summed E-state index contributed by atoms with van der Waals surface area (Å²) in [5, 5.41) is 19.0. The largest absolute Gasteiger partial charge is 1.00 e. The van der Waals surface area contributed by atoms with Crippen LogP contribution in [0.15, 0.2) is 60.4 Å². The monoisotopic (exact) mass is 634 g/mol. The zero-order chi connectivity index (χ0) is 29.5. The fraction of sp³-hybridized carbons (Fsp3) is 0.355. The van der Waals surface area contributed by atoms with Crippen molar-refractivity contribution in [1.82, 2.24) is 0 Å². The van der Waals surface area contributed by atoms with E-state index >= 15 is 0 Å². The van der Waals surface area contributed by atoms with Gasteiger partial charge in [-0.15, -0.1) is 0 Å². The van der Waals surface area contributed by atoms with E-state index < -0.39 is 0 Å². The first-order valence-corrected chi connectivity index (χ1v) is 13.7. The van der Waals surface area contributed by atoms with E-state index in [1.165, 1.54) is 18.7 Å². The van der Waals surface area contributed by atoms with Crippen LogP contribution in [0.4, 0.5) is 22.7 Å². The SMILES string of the molecule is CCN1C(=CC=CC2N(CCOC(C)=O)c3cc(C#N)ccc3[NH+]2CC)N(CCOC(C)=O)c2cc(C#N)ccc21.[Br-]. The number of carbonyl (C=O) groups excluding carboxylic acids is 2. The number of benzene rings is 2. The molecular weight excluding hydrogens is 600 g/mol. The number of esters is 2. The number of nitrogens with one attached hydrogen (secondary N) is 1. The second-order valence-corrected chi connectivity index (χ2v) is 9.66. The molecule has 2 atom stereocenters. The van der Waals surface area contributed by atoms with Gasteiger partial charge in [-0.2, -0.15) is 10.5 Å². The Morgan fingerprint density at radius 1 is 0.905 bits per heavy atom. The maximum Gasteiger partial charge on any atom is 0.302 e. The predicted molar refractivity (Wildman–Crippen MR) is 155 cm³/mol. The van der Waals surface area contributed by atoms with Crippen molar-refractivity contribution in [3.05, 3.63) is 71.6 Å². The van der Waals surface area contributed by atoms with Crippen LogP contribution in [0.2, 0.25) is 0 Å². The molecule has 0 spiro atoms. The molecule has 0 amide bonds. The highest BCUT2D eigenvalue weighted by Gasteiger charge is 2.38. The average Bonchev–Trinajstić information content (AvgIpc) is 3.42. The topological polar surface area (TPSA) is 114 Å². The molecule has 0 aliphatic carbocycles. The van der Waals surface area contributed by atoms with E-state index in [0.29, 0.717) is 30.8 Å².